The molecule has 0 bridgehead atoms. The number of ether oxygens (including phenoxy) is 3. The molecule has 4 N–H and O–H groups in total. The maximum absolute atomic E-state index is 13.5. The maximum atomic E-state index is 13.5. The summed E-state index contributed by atoms with van der Waals surface area (Å²) in [6.45, 7) is 7.57. The molecular weight excluding hydrogens is 584 g/mol. The van der Waals surface area contributed by atoms with E-state index < -0.39 is 18.2 Å². The quantitative estimate of drug-likeness (QED) is 0.305. The van der Waals surface area contributed by atoms with Crippen molar-refractivity contribution in [3.05, 3.63) is 53.4 Å². The van der Waals surface area contributed by atoms with Gasteiger partial charge in [-0.1, -0.05) is 12.1 Å². The number of hydrogen-bond donors (Lipinski definition) is 4. The molecule has 2 aliphatic heterocycles. The topological polar surface area (TPSA) is 168 Å². The fraction of sp³-hybridized carbons (Fsp3) is 0.419. The number of carbonyl (C=O) groups excluding carboxylic acids is 3. The number of aliphatic hydroxyl groups is 1. The summed E-state index contributed by atoms with van der Waals surface area (Å²) in [6.07, 6.45) is -0.530. The summed E-state index contributed by atoms with van der Waals surface area (Å²) in [6, 6.07) is 8.93. The van der Waals surface area contributed by atoms with E-state index in [9.17, 15) is 19.5 Å². The highest BCUT2D eigenvalue weighted by molar-refractivity contribution is 6.00. The number of rotatable bonds is 7. The van der Waals surface area contributed by atoms with Gasteiger partial charge in [0.15, 0.2) is 17.3 Å². The Hall–Kier alpha value is -4.98. The molecule has 0 saturated carbocycles. The smallest absolute Gasteiger partial charge is 0.323 e. The van der Waals surface area contributed by atoms with E-state index in [4.69, 9.17) is 18.7 Å². The summed E-state index contributed by atoms with van der Waals surface area (Å²) in [7, 11) is 1.66. The van der Waals surface area contributed by atoms with Gasteiger partial charge in [0, 0.05) is 42.5 Å². The zero-order valence-corrected chi connectivity index (χ0v) is 25.9. The Morgan fingerprint density at radius 3 is 2.49 bits per heavy atom. The third kappa shape index (κ3) is 7.23. The molecule has 3 heterocycles. The van der Waals surface area contributed by atoms with E-state index in [1.165, 1.54) is 4.90 Å². The molecule has 0 fully saturated rings. The molecule has 0 radical (unpaired) electrons. The van der Waals surface area contributed by atoms with Gasteiger partial charge in [-0.3, -0.25) is 4.79 Å². The lowest BCUT2D eigenvalue weighted by Gasteiger charge is -2.34. The Morgan fingerprint density at radius 1 is 1.07 bits per heavy atom. The molecule has 14 heteroatoms. The minimum atomic E-state index is -0.516. The van der Waals surface area contributed by atoms with E-state index in [-0.39, 0.29) is 44.2 Å². The number of carbonyl (C=O) groups is 3. The van der Waals surface area contributed by atoms with Gasteiger partial charge in [-0.2, -0.15) is 0 Å². The minimum absolute atomic E-state index is 0.0133. The normalized spacial score (nSPS) is 18.1. The van der Waals surface area contributed by atoms with Crippen LogP contribution >= 0.6 is 0 Å². The second-order valence-electron chi connectivity index (χ2n) is 11.4. The van der Waals surface area contributed by atoms with Gasteiger partial charge in [0.25, 0.3) is 0 Å². The second kappa shape index (κ2) is 13.3. The largest absolute Gasteiger partial charge is 0.488 e. The number of aryl methyl sites for hydroxylation is 2. The number of anilines is 3. The van der Waals surface area contributed by atoms with Crippen molar-refractivity contribution in [1.29, 1.82) is 0 Å². The zero-order chi connectivity index (χ0) is 32.2. The maximum Gasteiger partial charge on any atom is 0.323 e. The van der Waals surface area contributed by atoms with Crippen LogP contribution in [0.5, 0.6) is 17.2 Å². The second-order valence-corrected chi connectivity index (χ2v) is 11.4. The minimum Gasteiger partial charge on any atom is -0.488 e. The van der Waals surface area contributed by atoms with Crippen molar-refractivity contribution in [2.75, 3.05) is 49.5 Å². The van der Waals surface area contributed by atoms with Gasteiger partial charge in [0.2, 0.25) is 12.7 Å². The third-order valence-corrected chi connectivity index (χ3v) is 7.87. The molecule has 240 valence electrons. The summed E-state index contributed by atoms with van der Waals surface area (Å²) < 4.78 is 22.4. The molecule has 0 saturated heterocycles. The average molecular weight is 623 g/mol. The molecule has 5 amide bonds. The van der Waals surface area contributed by atoms with Gasteiger partial charge in [0.05, 0.1) is 25.6 Å². The summed E-state index contributed by atoms with van der Waals surface area (Å²) in [5.74, 6) is 1.69. The van der Waals surface area contributed by atoms with Gasteiger partial charge < -0.3 is 49.6 Å². The van der Waals surface area contributed by atoms with Crippen molar-refractivity contribution in [2.24, 2.45) is 5.92 Å². The SMILES string of the molecule is Cc1noc(C)c1NC(=O)Nc1ccc2c(c1)CC(=O)N([C@H](C)CO)C[C@H](C)[C@H](CN(C)C(=O)Nc1ccc3c(c1)OCO3)O2. The molecule has 0 aliphatic carbocycles. The molecule has 1 aromatic heterocycles. The van der Waals surface area contributed by atoms with Crippen molar-refractivity contribution in [3.63, 3.8) is 0 Å². The van der Waals surface area contributed by atoms with Crippen LogP contribution in [0, 0.1) is 19.8 Å². The van der Waals surface area contributed by atoms with Crippen LogP contribution in [0.3, 0.4) is 0 Å². The van der Waals surface area contributed by atoms with E-state index in [0.29, 0.717) is 57.9 Å². The molecule has 14 nitrogen and oxygen atoms in total. The lowest BCUT2D eigenvalue weighted by atomic mass is 10.0. The number of nitrogens with zero attached hydrogens (tertiary/aromatic N) is 3. The highest BCUT2D eigenvalue weighted by Crippen LogP contribution is 2.34. The highest BCUT2D eigenvalue weighted by atomic mass is 16.7. The predicted molar refractivity (Wildman–Crippen MR) is 165 cm³/mol. The Balaban J connectivity index is 1.34. The Morgan fingerprint density at radius 2 is 1.78 bits per heavy atom. The Kier molecular flexibility index (Phi) is 9.32. The molecule has 5 rings (SSSR count). The lowest BCUT2D eigenvalue weighted by molar-refractivity contribution is -0.134. The van der Waals surface area contributed by atoms with Crippen molar-refractivity contribution in [1.82, 2.24) is 15.0 Å². The molecule has 2 aliphatic rings. The molecule has 45 heavy (non-hydrogen) atoms. The van der Waals surface area contributed by atoms with Gasteiger partial charge in [-0.15, -0.1) is 0 Å². The van der Waals surface area contributed by atoms with Crippen LogP contribution in [0.15, 0.2) is 40.9 Å². The van der Waals surface area contributed by atoms with E-state index in [1.54, 1.807) is 69.1 Å². The first-order valence-corrected chi connectivity index (χ1v) is 14.6. The van der Waals surface area contributed by atoms with Crippen LogP contribution < -0.4 is 30.2 Å². The van der Waals surface area contributed by atoms with Crippen LogP contribution in [0.2, 0.25) is 0 Å². The number of amides is 5. The standard InChI is InChI=1S/C31H38N6O8/c1-17-13-37(18(2)15-38)28(39)11-21-10-22(32-30(40)34-29-19(3)35-45-20(29)4)6-8-24(21)44-27(17)14-36(5)31(41)33-23-7-9-25-26(12-23)43-16-42-25/h6-10,12,17-18,27,38H,11,13-16H2,1-5H3,(H,33,41)(H2,32,34,40)/t17-,18+,27-/m0/s1. The summed E-state index contributed by atoms with van der Waals surface area (Å²) in [4.78, 5) is 42.6. The highest BCUT2D eigenvalue weighted by Gasteiger charge is 2.32. The van der Waals surface area contributed by atoms with Gasteiger partial charge >= 0.3 is 12.1 Å². The van der Waals surface area contributed by atoms with Crippen LogP contribution in [0.1, 0.15) is 30.9 Å². The fourth-order valence-electron chi connectivity index (χ4n) is 5.21. The average Bonchev–Trinajstić information content (AvgIpc) is 3.61. The van der Waals surface area contributed by atoms with Crippen LogP contribution in [-0.2, 0) is 11.2 Å². The van der Waals surface area contributed by atoms with Crippen molar-refractivity contribution in [3.8, 4) is 17.2 Å². The first kappa shape index (κ1) is 31.4. The number of urea groups is 2. The number of hydrogen-bond acceptors (Lipinski definition) is 9. The van der Waals surface area contributed by atoms with Crippen molar-refractivity contribution >= 4 is 35.0 Å². The predicted octanol–water partition coefficient (Wildman–Crippen LogP) is 3.98. The van der Waals surface area contributed by atoms with E-state index in [2.05, 4.69) is 21.1 Å². The number of likely N-dealkylation sites (N-methyl/N-ethyl adjacent to an activating group) is 1. The zero-order valence-electron chi connectivity index (χ0n) is 25.9. The first-order valence-electron chi connectivity index (χ1n) is 14.6. The number of aromatic nitrogens is 1. The van der Waals surface area contributed by atoms with Crippen molar-refractivity contribution in [2.45, 2.75) is 46.3 Å². The summed E-state index contributed by atoms with van der Waals surface area (Å²) >= 11 is 0. The number of aliphatic hydroxyl groups excluding tert-OH is 1. The molecule has 3 atom stereocenters. The number of fused-ring (bicyclic) bond motifs is 2. The van der Waals surface area contributed by atoms with Gasteiger partial charge in [0.1, 0.15) is 23.2 Å². The van der Waals surface area contributed by atoms with Crippen LogP contribution in [-0.4, -0.2) is 83.7 Å². The monoisotopic (exact) mass is 622 g/mol. The lowest BCUT2D eigenvalue weighted by Crippen LogP contribution is -2.48. The van der Waals surface area contributed by atoms with Crippen molar-refractivity contribution < 1.29 is 38.2 Å². The van der Waals surface area contributed by atoms with Crippen LogP contribution in [0.4, 0.5) is 26.7 Å². The third-order valence-electron chi connectivity index (χ3n) is 7.87. The molecule has 0 unspecified atom stereocenters. The van der Waals surface area contributed by atoms with Crippen LogP contribution in [0.25, 0.3) is 0 Å². The number of nitrogens with one attached hydrogen (secondary N) is 3. The van der Waals surface area contributed by atoms with E-state index >= 15 is 0 Å². The first-order chi connectivity index (χ1) is 21.5. The molecule has 0 spiro atoms. The van der Waals surface area contributed by atoms with E-state index in [1.807, 2.05) is 6.92 Å². The fourth-order valence-corrected chi connectivity index (χ4v) is 5.21. The molecule has 2 aromatic carbocycles. The molecular formula is C31H38N6O8. The Bertz CT molecular complexity index is 1560. The summed E-state index contributed by atoms with van der Waals surface area (Å²) in [5, 5.41) is 22.2. The van der Waals surface area contributed by atoms with E-state index in [0.717, 1.165) is 0 Å². The summed E-state index contributed by atoms with van der Waals surface area (Å²) in [5.41, 5.74) is 2.57. The van der Waals surface area contributed by atoms with Gasteiger partial charge in [-0.25, -0.2) is 9.59 Å². The van der Waals surface area contributed by atoms with Gasteiger partial charge in [-0.05, 0) is 51.1 Å². The Labute approximate surface area is 260 Å². The molecule has 3 aromatic rings. The number of benzene rings is 2.